The number of halogens is 1. The van der Waals surface area contributed by atoms with E-state index in [-0.39, 0.29) is 24.7 Å². The number of esters is 2. The summed E-state index contributed by atoms with van der Waals surface area (Å²) < 4.78 is 51.5. The van der Waals surface area contributed by atoms with Gasteiger partial charge in [-0.25, -0.2) is 4.79 Å². The average Bonchev–Trinajstić information content (AvgIpc) is 3.57. The van der Waals surface area contributed by atoms with Crippen LogP contribution in [0.2, 0.25) is 5.02 Å². The van der Waals surface area contributed by atoms with E-state index < -0.39 is 78.3 Å². The second kappa shape index (κ2) is 19.1. The number of aliphatic hydroxyl groups excluding tert-OH is 1. The van der Waals surface area contributed by atoms with Gasteiger partial charge in [0.15, 0.2) is 18.2 Å². The molecule has 6 aliphatic rings. The Balaban J connectivity index is 1.19. The molecular formula is C48H65ClO12. The molecule has 0 amide bonds. The van der Waals surface area contributed by atoms with Crippen LogP contribution in [0.3, 0.4) is 0 Å². The minimum atomic E-state index is -1.83. The van der Waals surface area contributed by atoms with Crippen molar-refractivity contribution in [3.05, 3.63) is 82.0 Å². The monoisotopic (exact) mass is 868 g/mol. The van der Waals surface area contributed by atoms with Gasteiger partial charge < -0.3 is 48.1 Å². The average molecular weight is 869 g/mol. The molecule has 1 unspecified atom stereocenters. The van der Waals surface area contributed by atoms with Gasteiger partial charge in [-0.15, -0.1) is 0 Å². The summed E-state index contributed by atoms with van der Waals surface area (Å²) in [5, 5.41) is 24.2. The standard InChI is InChI=1S/C48H65ClO12/c1-9-26(2)42-29(5)19-20-47(61-42)24-36-22-35(60-47)18-13-28(4)41(58-39-23-38(54-8)43(31(7)56-39)59-45(51)32-14-16-34(49)17-15-32)27(3)11-10-12-33-25-55-44-40(50)30(6)21-37(46(52)57-36)48(33,44)53/h10-17,21,26-27,29,31,35-44,50,53H,9,18-20,22-25H2,1-8H3/b11-10+,28-13+,33-12+/t26?,27-,29-,31-,35+,36-,37-,38-,39-,40+,41-,42+,43-,44+,47+,48+/m0/s1. The minimum absolute atomic E-state index is 0.0148. The van der Waals surface area contributed by atoms with Crippen molar-refractivity contribution < 1.29 is 57.7 Å². The van der Waals surface area contributed by atoms with Gasteiger partial charge in [0.1, 0.15) is 35.9 Å². The van der Waals surface area contributed by atoms with Crippen molar-refractivity contribution in [2.24, 2.45) is 23.7 Å². The third kappa shape index (κ3) is 9.64. The number of carbonyl (C=O) groups excluding carboxylic acids is 2. The Bertz CT molecular complexity index is 1860. The van der Waals surface area contributed by atoms with E-state index in [0.717, 1.165) is 18.4 Å². The molecule has 1 aliphatic carbocycles. The zero-order valence-electron chi connectivity index (χ0n) is 36.8. The summed E-state index contributed by atoms with van der Waals surface area (Å²) >= 11 is 6.04. The summed E-state index contributed by atoms with van der Waals surface area (Å²) in [4.78, 5) is 27.5. The van der Waals surface area contributed by atoms with Crippen LogP contribution in [0.25, 0.3) is 0 Å². The second-order valence-corrected chi connectivity index (χ2v) is 18.8. The summed E-state index contributed by atoms with van der Waals surface area (Å²) in [5.74, 6) is -2.67. The van der Waals surface area contributed by atoms with E-state index in [1.54, 1.807) is 50.5 Å². The maximum absolute atomic E-state index is 14.3. The molecule has 2 bridgehead atoms. The molecule has 4 saturated heterocycles. The van der Waals surface area contributed by atoms with Gasteiger partial charge in [0.25, 0.3) is 0 Å². The van der Waals surface area contributed by atoms with Gasteiger partial charge in [-0.05, 0) is 86.4 Å². The van der Waals surface area contributed by atoms with E-state index in [1.165, 1.54) is 0 Å². The quantitative estimate of drug-likeness (QED) is 0.206. The van der Waals surface area contributed by atoms with E-state index in [9.17, 15) is 19.8 Å². The fourth-order valence-corrected chi connectivity index (χ4v) is 10.3. The first-order chi connectivity index (χ1) is 29.0. The second-order valence-electron chi connectivity index (χ2n) is 18.4. The minimum Gasteiger partial charge on any atom is -0.462 e. The van der Waals surface area contributed by atoms with Crippen LogP contribution in [0.5, 0.6) is 0 Å². The Labute approximate surface area is 365 Å². The van der Waals surface area contributed by atoms with Gasteiger partial charge in [0.2, 0.25) is 0 Å². The van der Waals surface area contributed by atoms with Crippen LogP contribution in [-0.4, -0.2) is 108 Å². The highest BCUT2D eigenvalue weighted by Gasteiger charge is 2.60. The van der Waals surface area contributed by atoms with Crippen molar-refractivity contribution in [3.63, 3.8) is 0 Å². The Morgan fingerprint density at radius 3 is 2.54 bits per heavy atom. The van der Waals surface area contributed by atoms with Crippen molar-refractivity contribution in [1.29, 1.82) is 0 Å². The zero-order chi connectivity index (χ0) is 43.8. The molecule has 1 aromatic rings. The summed E-state index contributed by atoms with van der Waals surface area (Å²) in [7, 11) is 1.58. The lowest BCUT2D eigenvalue weighted by molar-refractivity contribution is -0.340. The summed E-state index contributed by atoms with van der Waals surface area (Å²) in [5.41, 5.74) is 0.502. The third-order valence-corrected chi connectivity index (χ3v) is 14.2. The van der Waals surface area contributed by atoms with Crippen molar-refractivity contribution in [2.45, 2.75) is 166 Å². The van der Waals surface area contributed by atoms with Crippen LogP contribution in [0.1, 0.15) is 104 Å². The van der Waals surface area contributed by atoms with E-state index >= 15 is 0 Å². The van der Waals surface area contributed by atoms with E-state index in [2.05, 4.69) is 26.8 Å². The number of fused-ring (bicyclic) bond motifs is 2. The highest BCUT2D eigenvalue weighted by atomic mass is 35.5. The van der Waals surface area contributed by atoms with Gasteiger partial charge in [-0.1, -0.05) is 76.1 Å². The first-order valence-corrected chi connectivity index (χ1v) is 22.5. The number of aliphatic hydroxyl groups is 2. The molecule has 5 heterocycles. The van der Waals surface area contributed by atoms with Crippen molar-refractivity contribution in [3.8, 4) is 0 Å². The van der Waals surface area contributed by atoms with Gasteiger partial charge in [-0.2, -0.15) is 0 Å². The number of carbonyl (C=O) groups is 2. The Morgan fingerprint density at radius 1 is 1.07 bits per heavy atom. The van der Waals surface area contributed by atoms with E-state index in [0.29, 0.717) is 65.7 Å². The lowest BCUT2D eigenvalue weighted by Crippen LogP contribution is -2.58. The normalized spacial score (nSPS) is 43.4. The van der Waals surface area contributed by atoms with Gasteiger partial charge >= 0.3 is 11.9 Å². The predicted octanol–water partition coefficient (Wildman–Crippen LogP) is 7.58. The zero-order valence-corrected chi connectivity index (χ0v) is 37.5. The van der Waals surface area contributed by atoms with Gasteiger partial charge in [0, 0.05) is 43.7 Å². The smallest absolute Gasteiger partial charge is 0.338 e. The molecule has 5 aliphatic heterocycles. The number of ether oxygens (including phenoxy) is 8. The molecule has 61 heavy (non-hydrogen) atoms. The van der Waals surface area contributed by atoms with Crippen molar-refractivity contribution in [1.82, 2.24) is 0 Å². The molecule has 12 nitrogen and oxygen atoms in total. The number of hydrogen-bond donors (Lipinski definition) is 2. The lowest BCUT2D eigenvalue weighted by atomic mass is 9.71. The molecular weight excluding hydrogens is 804 g/mol. The molecule has 4 fully saturated rings. The number of rotatable bonds is 7. The maximum atomic E-state index is 14.3. The van der Waals surface area contributed by atoms with E-state index in [1.807, 2.05) is 32.9 Å². The first kappa shape index (κ1) is 46.1. The van der Waals surface area contributed by atoms with E-state index in [4.69, 9.17) is 49.5 Å². The largest absolute Gasteiger partial charge is 0.462 e. The predicted molar refractivity (Wildman–Crippen MR) is 227 cm³/mol. The fraction of sp³-hybridized carbons (Fsp3) is 0.667. The molecule has 13 heteroatoms. The molecule has 336 valence electrons. The Hall–Kier alpha value is -2.91. The molecule has 0 saturated carbocycles. The molecule has 1 spiro atoms. The number of benzene rings is 1. The number of allylic oxidation sites excluding steroid dienone is 2. The fourth-order valence-electron chi connectivity index (χ4n) is 10.2. The van der Waals surface area contributed by atoms with Crippen LogP contribution in [0.4, 0.5) is 0 Å². The number of hydrogen-bond acceptors (Lipinski definition) is 12. The first-order valence-electron chi connectivity index (χ1n) is 22.2. The highest BCUT2D eigenvalue weighted by Crippen LogP contribution is 2.48. The summed E-state index contributed by atoms with van der Waals surface area (Å²) in [6, 6.07) is 6.52. The Morgan fingerprint density at radius 2 is 1.82 bits per heavy atom. The van der Waals surface area contributed by atoms with Crippen LogP contribution >= 0.6 is 11.6 Å². The SMILES string of the molecule is CCC(C)[C@H]1O[C@]2(CC[C@@H]1C)C[C@@H]1C[C@@H](C/C=C(\C)[C@@H](O[C@H]3C[C@H](OC)[C@@H](OC(=O)c4ccc(Cl)cc4)[C@H](C)O3)[C@@H](C)/C=C/C=C3\CO[C@@H]4[C@H](O)C(C)=C[C@@H](C(=O)O1)[C@]34O)O2. The van der Waals surface area contributed by atoms with Crippen molar-refractivity contribution >= 4 is 23.5 Å². The van der Waals surface area contributed by atoms with Crippen molar-refractivity contribution in [2.75, 3.05) is 13.7 Å². The third-order valence-electron chi connectivity index (χ3n) is 14.0. The molecule has 7 rings (SSSR count). The molecule has 0 aromatic heterocycles. The van der Waals surface area contributed by atoms with Crippen LogP contribution in [0, 0.1) is 23.7 Å². The summed E-state index contributed by atoms with van der Waals surface area (Å²) in [6.45, 7) is 14.3. The molecule has 2 N–H and O–H groups in total. The topological polar surface area (TPSA) is 148 Å². The molecule has 16 atom stereocenters. The molecule has 1 aromatic carbocycles. The molecule has 0 radical (unpaired) electrons. The maximum Gasteiger partial charge on any atom is 0.338 e. The van der Waals surface area contributed by atoms with Crippen LogP contribution in [-0.2, 0) is 42.7 Å². The number of methoxy groups -OCH3 is 1. The van der Waals surface area contributed by atoms with Crippen LogP contribution < -0.4 is 0 Å². The van der Waals surface area contributed by atoms with Crippen LogP contribution in [0.15, 0.2) is 71.4 Å². The highest BCUT2D eigenvalue weighted by molar-refractivity contribution is 6.30. The van der Waals surface area contributed by atoms with Gasteiger partial charge in [-0.3, -0.25) is 4.79 Å². The van der Waals surface area contributed by atoms with Gasteiger partial charge in [0.05, 0.1) is 36.6 Å². The lowest BCUT2D eigenvalue weighted by Gasteiger charge is -2.51. The summed E-state index contributed by atoms with van der Waals surface area (Å²) in [6.07, 6.45) is 7.54. The Kier molecular flexibility index (Phi) is 14.4.